The van der Waals surface area contributed by atoms with E-state index in [9.17, 15) is 19.8 Å². The molecule has 0 aliphatic carbocycles. The summed E-state index contributed by atoms with van der Waals surface area (Å²) >= 11 is 12.4. The number of carbonyl (C=O) groups is 2. The number of halogens is 2. The van der Waals surface area contributed by atoms with Crippen LogP contribution >= 0.6 is 23.2 Å². The van der Waals surface area contributed by atoms with E-state index in [4.69, 9.17) is 27.9 Å². The van der Waals surface area contributed by atoms with E-state index in [2.05, 4.69) is 20.6 Å². The molecule has 0 spiro atoms. The van der Waals surface area contributed by atoms with Gasteiger partial charge in [0.2, 0.25) is 11.9 Å². The summed E-state index contributed by atoms with van der Waals surface area (Å²) in [5.41, 5.74) is 0.837. The van der Waals surface area contributed by atoms with Gasteiger partial charge >= 0.3 is 6.09 Å². The third-order valence-corrected chi connectivity index (χ3v) is 7.30. The highest BCUT2D eigenvalue weighted by molar-refractivity contribution is 6.35. The highest BCUT2D eigenvalue weighted by Gasteiger charge is 2.37. The second kappa shape index (κ2) is 11.6. The summed E-state index contributed by atoms with van der Waals surface area (Å²) in [7, 11) is 1.53. The first-order chi connectivity index (χ1) is 17.7. The monoisotopic (exact) mass is 552 g/mol. The van der Waals surface area contributed by atoms with Crippen LogP contribution in [0.4, 0.5) is 16.6 Å². The minimum Gasteiger partial charge on any atom is -0.491 e. The van der Waals surface area contributed by atoms with Gasteiger partial charge in [0.1, 0.15) is 6.04 Å². The number of amides is 2. The molecule has 0 saturated carbocycles. The minimum absolute atomic E-state index is 0.197. The van der Waals surface area contributed by atoms with Gasteiger partial charge in [-0.2, -0.15) is 4.98 Å². The smallest absolute Gasteiger partial charge is 0.407 e. The summed E-state index contributed by atoms with van der Waals surface area (Å²) < 4.78 is 5.43. The SMILES string of the molecule is COc1cnc(N2CC[C@H](NC(=O)[C@H]3CCCN3C(=O)O)[C@@H](O)C2)nc1NC(C)c1ccc(Cl)cc1Cl. The van der Waals surface area contributed by atoms with Gasteiger partial charge in [0.15, 0.2) is 11.6 Å². The molecule has 2 aromatic rings. The standard InChI is InChI=1S/C24H30Cl2N6O5/c1-13(15-6-5-14(25)10-16(15)26)28-21-20(37-2)11-27-23(30-21)31-9-7-17(19(33)12-31)29-22(34)18-4-3-8-32(18)24(35)36/h5-6,10-11,13,17-19,33H,3-4,7-9,12H2,1-2H3,(H,29,34)(H,35,36)(H,27,28,30)/t13?,17-,18+,19-/m0/s1. The molecule has 2 saturated heterocycles. The van der Waals surface area contributed by atoms with Crippen LogP contribution in [0, 0.1) is 0 Å². The first kappa shape index (κ1) is 27.0. The van der Waals surface area contributed by atoms with Crippen LogP contribution in [0.2, 0.25) is 10.0 Å². The molecule has 1 unspecified atom stereocenters. The predicted molar refractivity (Wildman–Crippen MR) is 140 cm³/mol. The van der Waals surface area contributed by atoms with E-state index in [0.29, 0.717) is 59.9 Å². The van der Waals surface area contributed by atoms with Crippen LogP contribution in [0.25, 0.3) is 0 Å². The number of ether oxygens (including phenoxy) is 1. The second-order valence-electron chi connectivity index (χ2n) is 9.17. The molecule has 2 fully saturated rings. The van der Waals surface area contributed by atoms with Crippen LogP contribution in [-0.4, -0.2) is 82.0 Å². The average molecular weight is 553 g/mol. The van der Waals surface area contributed by atoms with E-state index in [1.165, 1.54) is 7.11 Å². The van der Waals surface area contributed by atoms with Gasteiger partial charge in [0.25, 0.3) is 0 Å². The Bertz CT molecular complexity index is 1150. The number of methoxy groups -OCH3 is 1. The van der Waals surface area contributed by atoms with Gasteiger partial charge in [-0.15, -0.1) is 0 Å². The lowest BCUT2D eigenvalue weighted by atomic mass is 10.0. The van der Waals surface area contributed by atoms with Crippen molar-refractivity contribution in [2.45, 2.75) is 50.4 Å². The molecular weight excluding hydrogens is 523 g/mol. The van der Waals surface area contributed by atoms with Crippen molar-refractivity contribution in [3.63, 3.8) is 0 Å². The number of piperidine rings is 1. The van der Waals surface area contributed by atoms with Gasteiger partial charge in [0, 0.05) is 29.7 Å². The maximum absolute atomic E-state index is 12.7. The molecule has 0 bridgehead atoms. The number of hydrogen-bond acceptors (Lipinski definition) is 8. The number of aliphatic hydroxyl groups is 1. The number of nitrogens with one attached hydrogen (secondary N) is 2. The molecule has 11 nitrogen and oxygen atoms in total. The molecule has 2 aliphatic rings. The molecule has 2 amide bonds. The van der Waals surface area contributed by atoms with Gasteiger partial charge in [-0.05, 0) is 43.9 Å². The largest absolute Gasteiger partial charge is 0.491 e. The van der Waals surface area contributed by atoms with Crippen LogP contribution in [0.1, 0.15) is 37.8 Å². The number of likely N-dealkylation sites (tertiary alicyclic amines) is 1. The lowest BCUT2D eigenvalue weighted by Crippen LogP contribution is -2.57. The fourth-order valence-corrected chi connectivity index (χ4v) is 5.30. The number of nitrogens with zero attached hydrogens (tertiary/aromatic N) is 4. The Morgan fingerprint density at radius 3 is 2.70 bits per heavy atom. The van der Waals surface area contributed by atoms with Gasteiger partial charge in [0.05, 0.1) is 31.5 Å². The summed E-state index contributed by atoms with van der Waals surface area (Å²) in [4.78, 5) is 36.1. The Morgan fingerprint density at radius 2 is 2.03 bits per heavy atom. The summed E-state index contributed by atoms with van der Waals surface area (Å²) in [5, 5.41) is 27.3. The van der Waals surface area contributed by atoms with Crippen molar-refractivity contribution in [3.05, 3.63) is 40.0 Å². The highest BCUT2D eigenvalue weighted by atomic mass is 35.5. The maximum Gasteiger partial charge on any atom is 0.407 e. The van der Waals surface area contributed by atoms with Gasteiger partial charge < -0.3 is 30.5 Å². The fourth-order valence-electron chi connectivity index (χ4n) is 4.73. The number of β-amino-alcohol motifs (C(OH)–C–C–N with tert-alkyl or cyclic N) is 1. The van der Waals surface area contributed by atoms with E-state index in [1.807, 2.05) is 17.9 Å². The van der Waals surface area contributed by atoms with Crippen molar-refractivity contribution < 1.29 is 24.5 Å². The molecule has 1 aromatic carbocycles. The van der Waals surface area contributed by atoms with Crippen molar-refractivity contribution >= 4 is 47.0 Å². The number of rotatable bonds is 7. The predicted octanol–water partition coefficient (Wildman–Crippen LogP) is 3.16. The van der Waals surface area contributed by atoms with Crippen molar-refractivity contribution in [2.24, 2.45) is 0 Å². The van der Waals surface area contributed by atoms with Crippen LogP contribution in [0.3, 0.4) is 0 Å². The Balaban J connectivity index is 1.42. The highest BCUT2D eigenvalue weighted by Crippen LogP contribution is 2.32. The molecule has 4 atom stereocenters. The zero-order valence-corrected chi connectivity index (χ0v) is 22.0. The number of carboxylic acid groups (broad SMARTS) is 1. The van der Waals surface area contributed by atoms with E-state index in [1.54, 1.807) is 18.3 Å². The van der Waals surface area contributed by atoms with Crippen molar-refractivity contribution in [2.75, 3.05) is 37.0 Å². The zero-order chi connectivity index (χ0) is 26.7. The number of hydrogen-bond donors (Lipinski definition) is 4. The molecule has 200 valence electrons. The molecular formula is C24H30Cl2N6O5. The number of anilines is 2. The van der Waals surface area contributed by atoms with Crippen LogP contribution in [0.5, 0.6) is 5.75 Å². The van der Waals surface area contributed by atoms with E-state index < -0.39 is 24.3 Å². The molecule has 37 heavy (non-hydrogen) atoms. The van der Waals surface area contributed by atoms with Crippen LogP contribution < -0.4 is 20.3 Å². The van der Waals surface area contributed by atoms with Crippen LogP contribution in [-0.2, 0) is 4.79 Å². The molecule has 0 radical (unpaired) electrons. The third kappa shape index (κ3) is 6.11. The second-order valence-corrected chi connectivity index (χ2v) is 10.0. The summed E-state index contributed by atoms with van der Waals surface area (Å²) in [6.45, 7) is 2.95. The molecule has 2 aliphatic heterocycles. The number of aromatic nitrogens is 2. The number of carbonyl (C=O) groups excluding carboxylic acids is 1. The van der Waals surface area contributed by atoms with Crippen molar-refractivity contribution in [3.8, 4) is 5.75 Å². The van der Waals surface area contributed by atoms with E-state index in [0.717, 1.165) is 10.5 Å². The molecule has 1 aromatic heterocycles. The number of aliphatic hydroxyl groups excluding tert-OH is 1. The maximum atomic E-state index is 12.7. The summed E-state index contributed by atoms with van der Waals surface area (Å²) in [6.07, 6.45) is 1.12. The third-order valence-electron chi connectivity index (χ3n) is 6.74. The average Bonchev–Trinajstić information content (AvgIpc) is 3.36. The Hall–Kier alpha value is -3.02. The topological polar surface area (TPSA) is 140 Å². The lowest BCUT2D eigenvalue weighted by Gasteiger charge is -2.37. The van der Waals surface area contributed by atoms with E-state index in [-0.39, 0.29) is 18.5 Å². The number of benzene rings is 1. The minimum atomic E-state index is -1.11. The molecule has 4 N–H and O–H groups in total. The summed E-state index contributed by atoms with van der Waals surface area (Å²) in [5.74, 6) is 0.933. The van der Waals surface area contributed by atoms with Gasteiger partial charge in [-0.3, -0.25) is 9.69 Å². The Morgan fingerprint density at radius 1 is 1.24 bits per heavy atom. The lowest BCUT2D eigenvalue weighted by molar-refractivity contribution is -0.126. The first-order valence-electron chi connectivity index (χ1n) is 12.0. The quantitative estimate of drug-likeness (QED) is 0.407. The Kier molecular flexibility index (Phi) is 8.46. The van der Waals surface area contributed by atoms with Gasteiger partial charge in [-0.25, -0.2) is 9.78 Å². The van der Waals surface area contributed by atoms with Gasteiger partial charge in [-0.1, -0.05) is 29.3 Å². The zero-order valence-electron chi connectivity index (χ0n) is 20.5. The van der Waals surface area contributed by atoms with E-state index >= 15 is 0 Å². The summed E-state index contributed by atoms with van der Waals surface area (Å²) in [6, 6.07) is 3.84. The fraction of sp³-hybridized carbons (Fsp3) is 0.500. The molecule has 13 heteroatoms. The Labute approximate surface area is 224 Å². The van der Waals surface area contributed by atoms with Crippen molar-refractivity contribution in [1.82, 2.24) is 20.2 Å². The first-order valence-corrected chi connectivity index (χ1v) is 12.8. The normalized spacial score (nSPS) is 22.5. The van der Waals surface area contributed by atoms with Crippen LogP contribution in [0.15, 0.2) is 24.4 Å². The molecule has 4 rings (SSSR count). The molecule has 3 heterocycles. The van der Waals surface area contributed by atoms with Crippen molar-refractivity contribution in [1.29, 1.82) is 0 Å².